The molecule has 0 saturated carbocycles. The number of benzene rings is 2. The molecule has 0 heterocycles. The van der Waals surface area contributed by atoms with Crippen LogP contribution in [0.2, 0.25) is 0 Å². The summed E-state index contributed by atoms with van der Waals surface area (Å²) in [6.07, 6.45) is 3.27. The van der Waals surface area contributed by atoms with Crippen LogP contribution in [0.15, 0.2) is 54.6 Å². The van der Waals surface area contributed by atoms with Crippen molar-refractivity contribution in [2.45, 2.75) is 25.9 Å². The van der Waals surface area contributed by atoms with Crippen LogP contribution in [0.3, 0.4) is 0 Å². The summed E-state index contributed by atoms with van der Waals surface area (Å²) in [4.78, 5) is 0. The zero-order chi connectivity index (χ0) is 12.6. The van der Waals surface area contributed by atoms with Gasteiger partial charge < -0.3 is 4.74 Å². The van der Waals surface area contributed by atoms with E-state index >= 15 is 0 Å². The second-order valence-corrected chi connectivity index (χ2v) is 4.38. The van der Waals surface area contributed by atoms with Crippen molar-refractivity contribution in [2.75, 3.05) is 0 Å². The van der Waals surface area contributed by atoms with Crippen LogP contribution in [0, 0.1) is 6.92 Å². The highest BCUT2D eigenvalue weighted by Crippen LogP contribution is 2.13. The molecule has 0 unspecified atom stereocenters. The fourth-order valence-corrected chi connectivity index (χ4v) is 1.81. The van der Waals surface area contributed by atoms with Gasteiger partial charge in [0, 0.05) is 0 Å². The van der Waals surface area contributed by atoms with E-state index in [0.29, 0.717) is 6.61 Å². The van der Waals surface area contributed by atoms with E-state index in [1.807, 2.05) is 30.3 Å². The Morgan fingerprint density at radius 2 is 1.50 bits per heavy atom. The molecule has 1 nitrogen and oxygen atoms in total. The van der Waals surface area contributed by atoms with Crippen LogP contribution < -0.4 is 4.74 Å². The molecule has 1 radical (unpaired) electrons. The van der Waals surface area contributed by atoms with Gasteiger partial charge in [0.05, 0.1) is 0 Å². The minimum absolute atomic E-state index is 0.625. The zero-order valence-electron chi connectivity index (χ0n) is 10.6. The van der Waals surface area contributed by atoms with Crippen LogP contribution in [-0.4, -0.2) is 0 Å². The molecular weight excluding hydrogens is 220 g/mol. The summed E-state index contributed by atoms with van der Waals surface area (Å²) in [5.41, 5.74) is 2.58. The Bertz CT molecular complexity index is 445. The standard InChI is InChI=1S/C17H19O/c1-2-3-7-15-10-12-16(13-11-15)14-18-17-8-5-4-6-9-17/h4-6,8-13H,1-3,7,14H2. The van der Waals surface area contributed by atoms with Gasteiger partial charge >= 0.3 is 0 Å². The Labute approximate surface area is 109 Å². The van der Waals surface area contributed by atoms with E-state index in [1.54, 1.807) is 0 Å². The molecule has 0 bridgehead atoms. The smallest absolute Gasteiger partial charge is 0.119 e. The van der Waals surface area contributed by atoms with Gasteiger partial charge in [-0.05, 0) is 36.1 Å². The molecule has 0 saturated heterocycles. The molecule has 2 aromatic carbocycles. The Morgan fingerprint density at radius 3 is 2.17 bits per heavy atom. The van der Waals surface area contributed by atoms with Gasteiger partial charge in [-0.3, -0.25) is 0 Å². The first-order valence-electron chi connectivity index (χ1n) is 6.43. The van der Waals surface area contributed by atoms with Crippen LogP contribution in [0.1, 0.15) is 24.0 Å². The first-order valence-corrected chi connectivity index (χ1v) is 6.43. The van der Waals surface area contributed by atoms with Gasteiger partial charge in [-0.15, -0.1) is 0 Å². The summed E-state index contributed by atoms with van der Waals surface area (Å²) in [7, 11) is 0. The third-order valence-electron chi connectivity index (χ3n) is 2.89. The Morgan fingerprint density at radius 1 is 0.833 bits per heavy atom. The quantitative estimate of drug-likeness (QED) is 0.725. The summed E-state index contributed by atoms with van der Waals surface area (Å²) in [6, 6.07) is 18.5. The lowest BCUT2D eigenvalue weighted by Gasteiger charge is -2.07. The SMILES string of the molecule is [CH2]CCCc1ccc(COc2ccccc2)cc1. The Balaban J connectivity index is 1.86. The van der Waals surface area contributed by atoms with E-state index in [4.69, 9.17) is 4.74 Å². The molecule has 2 aromatic rings. The average molecular weight is 239 g/mol. The van der Waals surface area contributed by atoms with Crippen molar-refractivity contribution >= 4 is 0 Å². The van der Waals surface area contributed by atoms with Crippen LogP contribution in [0.4, 0.5) is 0 Å². The van der Waals surface area contributed by atoms with Gasteiger partial charge in [0.25, 0.3) is 0 Å². The maximum atomic E-state index is 5.70. The maximum absolute atomic E-state index is 5.70. The highest BCUT2D eigenvalue weighted by Gasteiger charge is 1.96. The first-order chi connectivity index (χ1) is 8.88. The number of para-hydroxylation sites is 1. The lowest BCUT2D eigenvalue weighted by molar-refractivity contribution is 0.306. The average Bonchev–Trinajstić information content (AvgIpc) is 2.45. The van der Waals surface area contributed by atoms with Crippen LogP contribution in [0.5, 0.6) is 5.75 Å². The van der Waals surface area contributed by atoms with Gasteiger partial charge in [-0.2, -0.15) is 0 Å². The van der Waals surface area contributed by atoms with E-state index in [1.165, 1.54) is 11.1 Å². The van der Waals surface area contributed by atoms with Gasteiger partial charge in [-0.25, -0.2) is 0 Å². The predicted molar refractivity (Wildman–Crippen MR) is 75.5 cm³/mol. The lowest BCUT2D eigenvalue weighted by atomic mass is 10.1. The van der Waals surface area contributed by atoms with Crippen molar-refractivity contribution in [3.8, 4) is 5.75 Å². The second kappa shape index (κ2) is 6.85. The number of hydrogen-bond donors (Lipinski definition) is 0. The molecule has 1 heteroatoms. The molecule has 0 amide bonds. The minimum atomic E-state index is 0.625. The summed E-state index contributed by atoms with van der Waals surface area (Å²) >= 11 is 0. The van der Waals surface area contributed by atoms with Crippen LogP contribution in [-0.2, 0) is 13.0 Å². The molecule has 93 valence electrons. The lowest BCUT2D eigenvalue weighted by Crippen LogP contribution is -1.95. The molecule has 0 N–H and O–H groups in total. The van der Waals surface area contributed by atoms with Crippen molar-refractivity contribution in [3.05, 3.63) is 72.6 Å². The van der Waals surface area contributed by atoms with Crippen molar-refractivity contribution < 1.29 is 4.74 Å². The number of unbranched alkanes of at least 4 members (excludes halogenated alkanes) is 1. The molecule has 0 aliphatic rings. The summed E-state index contributed by atoms with van der Waals surface area (Å²) in [5, 5.41) is 0. The number of hydrogen-bond acceptors (Lipinski definition) is 1. The van der Waals surface area contributed by atoms with Crippen LogP contribution >= 0.6 is 0 Å². The number of rotatable bonds is 6. The van der Waals surface area contributed by atoms with Crippen molar-refractivity contribution in [1.82, 2.24) is 0 Å². The monoisotopic (exact) mass is 239 g/mol. The van der Waals surface area contributed by atoms with Crippen molar-refractivity contribution in [2.24, 2.45) is 0 Å². The third kappa shape index (κ3) is 3.92. The van der Waals surface area contributed by atoms with Gasteiger partial charge in [0.2, 0.25) is 0 Å². The fraction of sp³-hybridized carbons (Fsp3) is 0.235. The molecule has 0 spiro atoms. The Kier molecular flexibility index (Phi) is 4.83. The van der Waals surface area contributed by atoms with Gasteiger partial charge in [-0.1, -0.05) is 55.8 Å². The van der Waals surface area contributed by atoms with Crippen molar-refractivity contribution in [1.29, 1.82) is 0 Å². The fourth-order valence-electron chi connectivity index (χ4n) is 1.81. The van der Waals surface area contributed by atoms with E-state index < -0.39 is 0 Å². The molecule has 0 atom stereocenters. The summed E-state index contributed by atoms with van der Waals surface area (Å²) < 4.78 is 5.70. The highest BCUT2D eigenvalue weighted by atomic mass is 16.5. The normalized spacial score (nSPS) is 10.3. The molecule has 0 aliphatic heterocycles. The largest absolute Gasteiger partial charge is 0.489 e. The second-order valence-electron chi connectivity index (χ2n) is 4.38. The molecule has 18 heavy (non-hydrogen) atoms. The van der Waals surface area contributed by atoms with Crippen LogP contribution in [0.25, 0.3) is 0 Å². The van der Waals surface area contributed by atoms with E-state index in [0.717, 1.165) is 25.0 Å². The minimum Gasteiger partial charge on any atom is -0.489 e. The molecular formula is C17H19O. The first kappa shape index (κ1) is 12.7. The highest BCUT2D eigenvalue weighted by molar-refractivity contribution is 5.24. The topological polar surface area (TPSA) is 9.23 Å². The molecule has 0 aromatic heterocycles. The third-order valence-corrected chi connectivity index (χ3v) is 2.89. The molecule has 0 fully saturated rings. The van der Waals surface area contributed by atoms with Gasteiger partial charge in [0.1, 0.15) is 12.4 Å². The molecule has 0 aliphatic carbocycles. The Hall–Kier alpha value is -1.76. The zero-order valence-corrected chi connectivity index (χ0v) is 10.6. The summed E-state index contributed by atoms with van der Waals surface area (Å²) in [5.74, 6) is 0.915. The van der Waals surface area contributed by atoms with Crippen molar-refractivity contribution in [3.63, 3.8) is 0 Å². The van der Waals surface area contributed by atoms with E-state index in [-0.39, 0.29) is 0 Å². The number of aryl methyl sites for hydroxylation is 1. The summed E-state index contributed by atoms with van der Waals surface area (Å²) in [6.45, 7) is 4.49. The van der Waals surface area contributed by atoms with E-state index in [9.17, 15) is 0 Å². The maximum Gasteiger partial charge on any atom is 0.119 e. The predicted octanol–water partition coefficient (Wildman–Crippen LogP) is 4.42. The molecule has 2 rings (SSSR count). The number of ether oxygens (including phenoxy) is 1. The van der Waals surface area contributed by atoms with E-state index in [2.05, 4.69) is 31.2 Å². The van der Waals surface area contributed by atoms with Gasteiger partial charge in [0.15, 0.2) is 0 Å².